The Kier molecular flexibility index (Phi) is 4.94. The molecule has 1 atom stereocenters. The molecule has 0 radical (unpaired) electrons. The Morgan fingerprint density at radius 1 is 0.789 bits per heavy atom. The van der Waals surface area contributed by atoms with Crippen LogP contribution in [0.2, 0.25) is 0 Å². The van der Waals surface area contributed by atoms with Crippen molar-refractivity contribution in [3.05, 3.63) is 131 Å². The van der Waals surface area contributed by atoms with Crippen molar-refractivity contribution in [2.45, 2.75) is 38.1 Å². The zero-order valence-corrected chi connectivity index (χ0v) is 21.4. The van der Waals surface area contributed by atoms with Crippen molar-refractivity contribution < 1.29 is 4.42 Å². The normalized spacial score (nSPS) is 19.5. The average molecular weight is 492 g/mol. The van der Waals surface area contributed by atoms with Gasteiger partial charge in [-0.15, -0.1) is 0 Å². The molecule has 4 aliphatic rings. The Bertz CT molecular complexity index is 1740. The first-order chi connectivity index (χ1) is 18.8. The third kappa shape index (κ3) is 3.40. The third-order valence-electron chi connectivity index (χ3n) is 8.49. The van der Waals surface area contributed by atoms with Crippen LogP contribution in [0.1, 0.15) is 53.7 Å². The highest BCUT2D eigenvalue weighted by Crippen LogP contribution is 2.49. The maximum atomic E-state index is 6.17. The molecule has 2 heterocycles. The van der Waals surface area contributed by atoms with E-state index in [1.165, 1.54) is 55.7 Å². The van der Waals surface area contributed by atoms with Gasteiger partial charge >= 0.3 is 0 Å². The molecule has 0 N–H and O–H groups in total. The number of para-hydroxylation sites is 1. The van der Waals surface area contributed by atoms with Gasteiger partial charge in [-0.25, -0.2) is 0 Å². The molecule has 184 valence electrons. The van der Waals surface area contributed by atoms with Crippen LogP contribution in [-0.2, 0) is 6.42 Å². The van der Waals surface area contributed by atoms with Crippen LogP contribution in [0.4, 0.5) is 11.4 Å². The van der Waals surface area contributed by atoms with Crippen molar-refractivity contribution in [3.63, 3.8) is 0 Å². The second kappa shape index (κ2) is 8.63. The zero-order chi connectivity index (χ0) is 25.1. The predicted octanol–water partition coefficient (Wildman–Crippen LogP) is 9.52. The molecular weight excluding hydrogens is 462 g/mol. The summed E-state index contributed by atoms with van der Waals surface area (Å²) in [4.78, 5) is 2.55. The molecule has 0 bridgehead atoms. The summed E-state index contributed by atoms with van der Waals surface area (Å²) in [6.07, 6.45) is 21.4. The molecule has 38 heavy (non-hydrogen) atoms. The number of furan rings is 1. The van der Waals surface area contributed by atoms with Crippen molar-refractivity contribution in [2.75, 3.05) is 4.90 Å². The number of hydrogen-bond donors (Lipinski definition) is 0. The lowest BCUT2D eigenvalue weighted by molar-refractivity contribution is 0.546. The van der Waals surface area contributed by atoms with Crippen LogP contribution in [0.5, 0.6) is 0 Å². The molecule has 4 aromatic rings. The first-order valence-electron chi connectivity index (χ1n) is 13.8. The van der Waals surface area contributed by atoms with Gasteiger partial charge in [-0.1, -0.05) is 78.9 Å². The Morgan fingerprint density at radius 2 is 1.66 bits per heavy atom. The van der Waals surface area contributed by atoms with Gasteiger partial charge in [-0.05, 0) is 83.9 Å². The van der Waals surface area contributed by atoms with E-state index >= 15 is 0 Å². The van der Waals surface area contributed by atoms with Gasteiger partial charge in [-0.3, -0.25) is 0 Å². The van der Waals surface area contributed by atoms with E-state index in [9.17, 15) is 0 Å². The molecule has 3 aliphatic carbocycles. The first kappa shape index (κ1) is 21.8. The van der Waals surface area contributed by atoms with Gasteiger partial charge < -0.3 is 9.32 Å². The fourth-order valence-electron chi connectivity index (χ4n) is 6.61. The summed E-state index contributed by atoms with van der Waals surface area (Å²) in [6.45, 7) is 0. The van der Waals surface area contributed by atoms with E-state index < -0.39 is 0 Å². The molecule has 0 saturated carbocycles. The lowest BCUT2D eigenvalue weighted by Gasteiger charge is -2.31. The van der Waals surface area contributed by atoms with Crippen LogP contribution in [0.15, 0.2) is 108 Å². The molecule has 0 saturated heterocycles. The number of fused-ring (bicyclic) bond motifs is 6. The maximum absolute atomic E-state index is 6.17. The number of nitrogens with zero attached hydrogens (tertiary/aromatic N) is 1. The summed E-state index contributed by atoms with van der Waals surface area (Å²) < 4.78 is 6.17. The van der Waals surface area contributed by atoms with E-state index in [1.807, 2.05) is 0 Å². The highest BCUT2D eigenvalue weighted by Gasteiger charge is 2.36. The monoisotopic (exact) mass is 491 g/mol. The number of rotatable bonds is 3. The topological polar surface area (TPSA) is 16.4 Å². The molecule has 0 spiro atoms. The molecule has 2 nitrogen and oxygen atoms in total. The molecule has 0 amide bonds. The highest BCUT2D eigenvalue weighted by atomic mass is 16.3. The largest absolute Gasteiger partial charge is 0.460 e. The number of benzene rings is 3. The Hall–Kier alpha value is -4.30. The van der Waals surface area contributed by atoms with Gasteiger partial charge in [0.15, 0.2) is 0 Å². The van der Waals surface area contributed by atoms with Gasteiger partial charge in [0.1, 0.15) is 11.3 Å². The van der Waals surface area contributed by atoms with Crippen molar-refractivity contribution in [2.24, 2.45) is 0 Å². The molecule has 8 rings (SSSR count). The second-order valence-electron chi connectivity index (χ2n) is 10.7. The molecular formula is C36H29NO. The second-order valence-corrected chi connectivity index (χ2v) is 10.7. The van der Waals surface area contributed by atoms with Gasteiger partial charge in [0.05, 0.1) is 6.04 Å². The lowest BCUT2D eigenvalue weighted by atomic mass is 9.87. The van der Waals surface area contributed by atoms with Crippen molar-refractivity contribution in [1.29, 1.82) is 0 Å². The molecule has 3 aromatic carbocycles. The van der Waals surface area contributed by atoms with Crippen molar-refractivity contribution >= 4 is 45.1 Å². The molecule has 1 aromatic heterocycles. The van der Waals surface area contributed by atoms with Gasteiger partial charge in [-0.2, -0.15) is 0 Å². The van der Waals surface area contributed by atoms with E-state index in [2.05, 4.69) is 114 Å². The molecule has 1 aliphatic heterocycles. The predicted molar refractivity (Wildman–Crippen MR) is 159 cm³/mol. The summed E-state index contributed by atoms with van der Waals surface area (Å²) in [5, 5.41) is 1.23. The quantitative estimate of drug-likeness (QED) is 0.284. The van der Waals surface area contributed by atoms with Crippen molar-refractivity contribution in [1.82, 2.24) is 0 Å². The summed E-state index contributed by atoms with van der Waals surface area (Å²) in [5.74, 6) is 1.12. The minimum absolute atomic E-state index is 0.279. The fraction of sp³-hybridized carbons (Fsp3) is 0.167. The Balaban J connectivity index is 1.17. The van der Waals surface area contributed by atoms with Crippen molar-refractivity contribution in [3.8, 4) is 0 Å². The van der Waals surface area contributed by atoms with Crippen LogP contribution < -0.4 is 4.90 Å². The third-order valence-corrected chi connectivity index (χ3v) is 8.49. The zero-order valence-electron chi connectivity index (χ0n) is 21.4. The van der Waals surface area contributed by atoms with Crippen LogP contribution >= 0.6 is 0 Å². The first-order valence-corrected chi connectivity index (χ1v) is 13.8. The number of allylic oxidation sites excluding steroid dienone is 7. The lowest BCUT2D eigenvalue weighted by Crippen LogP contribution is -2.28. The average Bonchev–Trinajstić information content (AvgIpc) is 3.52. The van der Waals surface area contributed by atoms with Gasteiger partial charge in [0.25, 0.3) is 0 Å². The van der Waals surface area contributed by atoms with E-state index in [1.54, 1.807) is 0 Å². The van der Waals surface area contributed by atoms with Crippen LogP contribution in [0.25, 0.3) is 33.8 Å². The Morgan fingerprint density at radius 3 is 2.55 bits per heavy atom. The van der Waals surface area contributed by atoms with E-state index in [4.69, 9.17) is 4.42 Å². The van der Waals surface area contributed by atoms with Gasteiger partial charge in [0, 0.05) is 34.3 Å². The SMILES string of the molecule is C1=CC(c2ccc(N3c4ccccc4C4=CC=C(c5ccc6oc7c(c6c5)C=CCC7)CC43)cc2)=CCC1. The fourth-order valence-corrected chi connectivity index (χ4v) is 6.61. The maximum Gasteiger partial charge on any atom is 0.134 e. The smallest absolute Gasteiger partial charge is 0.134 e. The molecule has 0 fully saturated rings. The summed E-state index contributed by atoms with van der Waals surface area (Å²) >= 11 is 0. The summed E-state index contributed by atoms with van der Waals surface area (Å²) in [5.41, 5.74) is 12.9. The minimum Gasteiger partial charge on any atom is -0.460 e. The number of anilines is 2. The Labute approximate surface area is 223 Å². The highest BCUT2D eigenvalue weighted by molar-refractivity contribution is 5.97. The number of aryl methyl sites for hydroxylation is 1. The molecule has 2 heteroatoms. The molecule has 1 unspecified atom stereocenters. The van der Waals surface area contributed by atoms with E-state index in [0.717, 1.165) is 43.4 Å². The van der Waals surface area contributed by atoms with Crippen LogP contribution in [0.3, 0.4) is 0 Å². The summed E-state index contributed by atoms with van der Waals surface area (Å²) in [6, 6.07) is 25.0. The van der Waals surface area contributed by atoms with E-state index in [-0.39, 0.29) is 6.04 Å². The van der Waals surface area contributed by atoms with Gasteiger partial charge in [0.2, 0.25) is 0 Å². The van der Waals surface area contributed by atoms with E-state index in [0.29, 0.717) is 0 Å². The number of hydrogen-bond acceptors (Lipinski definition) is 2. The standard InChI is InChI=1S/C36H29NO/c1-2-8-24(9-3-1)25-14-18-28(19-15-25)37-33-12-6-4-10-29(33)30-20-16-27(23-34(30)37)26-17-21-36-32(22-26)31-11-5-7-13-35(31)38-36/h2,4-6,8-12,14-22,34H,1,3,7,13,23H2. The minimum atomic E-state index is 0.279. The van der Waals surface area contributed by atoms with Crippen LogP contribution in [-0.4, -0.2) is 6.04 Å². The van der Waals surface area contributed by atoms with Crippen LogP contribution in [0, 0.1) is 0 Å². The summed E-state index contributed by atoms with van der Waals surface area (Å²) in [7, 11) is 0.